The highest BCUT2D eigenvalue weighted by Gasteiger charge is 2.21. The van der Waals surface area contributed by atoms with Crippen molar-refractivity contribution in [3.05, 3.63) is 52.0 Å². The number of thioether (sulfide) groups is 1. The van der Waals surface area contributed by atoms with Crippen molar-refractivity contribution in [1.29, 1.82) is 0 Å². The minimum absolute atomic E-state index is 0. The molecule has 0 fully saturated rings. The maximum absolute atomic E-state index is 13.1. The number of aryl methyl sites for hydroxylation is 1. The van der Waals surface area contributed by atoms with Crippen LogP contribution in [0.5, 0.6) is 0 Å². The van der Waals surface area contributed by atoms with Crippen LogP contribution in [0.2, 0.25) is 10.0 Å². The third kappa shape index (κ3) is 7.24. The number of rotatable bonds is 9. The summed E-state index contributed by atoms with van der Waals surface area (Å²) in [7, 11) is 4.01. The van der Waals surface area contributed by atoms with Crippen LogP contribution in [0.4, 0.5) is 5.13 Å². The fraction of sp³-hybridized carbons (Fsp3) is 0.364. The molecule has 1 aromatic heterocycles. The summed E-state index contributed by atoms with van der Waals surface area (Å²) in [6, 6.07) is 11.6. The van der Waals surface area contributed by atoms with Gasteiger partial charge in [0.1, 0.15) is 0 Å². The van der Waals surface area contributed by atoms with Gasteiger partial charge in [-0.15, -0.1) is 24.2 Å². The van der Waals surface area contributed by atoms with Crippen LogP contribution in [-0.4, -0.2) is 48.7 Å². The predicted octanol–water partition coefficient (Wildman–Crippen LogP) is 6.80. The van der Waals surface area contributed by atoms with Gasteiger partial charge in [-0.05, 0) is 69.1 Å². The topological polar surface area (TPSA) is 36.4 Å². The Bertz CT molecular complexity index is 970. The largest absolute Gasteiger partial charge is 0.308 e. The standard InChI is InChI=1S/C22H25Cl2N3OS2.ClH/c1-15-6-11-18(24)21-20(15)25-22(30-21)27(13-12-26(2)3)19(28)5-4-14-29-17-9-7-16(23)8-10-17;/h6-11H,4-5,12-14H2,1-3H3;1H. The van der Waals surface area contributed by atoms with Crippen molar-refractivity contribution in [2.75, 3.05) is 37.8 Å². The zero-order chi connectivity index (χ0) is 21.7. The van der Waals surface area contributed by atoms with E-state index in [-0.39, 0.29) is 18.3 Å². The van der Waals surface area contributed by atoms with Crippen LogP contribution in [0.15, 0.2) is 41.3 Å². The maximum atomic E-state index is 13.1. The zero-order valence-electron chi connectivity index (χ0n) is 17.7. The van der Waals surface area contributed by atoms with Crippen LogP contribution in [0.1, 0.15) is 18.4 Å². The summed E-state index contributed by atoms with van der Waals surface area (Å²) in [5.74, 6) is 0.973. The predicted molar refractivity (Wildman–Crippen MR) is 139 cm³/mol. The number of amides is 1. The number of aromatic nitrogens is 1. The maximum Gasteiger partial charge on any atom is 0.228 e. The van der Waals surface area contributed by atoms with Gasteiger partial charge in [-0.1, -0.05) is 40.6 Å². The molecule has 2 aromatic carbocycles. The quantitative estimate of drug-likeness (QED) is 0.230. The molecule has 0 saturated carbocycles. The highest BCUT2D eigenvalue weighted by molar-refractivity contribution is 7.99. The smallest absolute Gasteiger partial charge is 0.228 e. The average molecular weight is 519 g/mol. The second-order valence-corrected chi connectivity index (χ2v) is 10.3. The van der Waals surface area contributed by atoms with E-state index in [1.807, 2.05) is 62.3 Å². The molecule has 0 bridgehead atoms. The van der Waals surface area contributed by atoms with E-state index in [9.17, 15) is 4.79 Å². The minimum Gasteiger partial charge on any atom is -0.308 e. The summed E-state index contributed by atoms with van der Waals surface area (Å²) in [4.78, 5) is 22.9. The summed E-state index contributed by atoms with van der Waals surface area (Å²) < 4.78 is 0.938. The molecule has 0 aliphatic carbocycles. The lowest BCUT2D eigenvalue weighted by atomic mass is 10.2. The van der Waals surface area contributed by atoms with Crippen LogP contribution in [0.25, 0.3) is 10.2 Å². The van der Waals surface area contributed by atoms with Gasteiger partial charge < -0.3 is 4.90 Å². The van der Waals surface area contributed by atoms with Gasteiger partial charge in [0.15, 0.2) is 5.13 Å². The molecule has 0 aliphatic rings. The van der Waals surface area contributed by atoms with E-state index in [1.165, 1.54) is 11.3 Å². The molecule has 9 heteroatoms. The van der Waals surface area contributed by atoms with E-state index in [1.54, 1.807) is 11.8 Å². The van der Waals surface area contributed by atoms with Crippen molar-refractivity contribution in [3.8, 4) is 0 Å². The molecule has 0 aliphatic heterocycles. The lowest BCUT2D eigenvalue weighted by molar-refractivity contribution is -0.118. The molecule has 4 nitrogen and oxygen atoms in total. The minimum atomic E-state index is 0. The molecule has 168 valence electrons. The molecular formula is C22H26Cl3N3OS2. The second kappa shape index (κ2) is 12.3. The number of halogens is 3. The van der Waals surface area contributed by atoms with Gasteiger partial charge in [0.25, 0.3) is 0 Å². The molecule has 0 spiro atoms. The van der Waals surface area contributed by atoms with E-state index in [2.05, 4.69) is 4.90 Å². The number of hydrogen-bond acceptors (Lipinski definition) is 5. The molecular weight excluding hydrogens is 493 g/mol. The molecule has 0 N–H and O–H groups in total. The lowest BCUT2D eigenvalue weighted by Crippen LogP contribution is -2.36. The Hall–Kier alpha value is -1.02. The number of likely N-dealkylation sites (N-methyl/N-ethyl adjacent to an activating group) is 1. The van der Waals surface area contributed by atoms with Crippen molar-refractivity contribution in [2.45, 2.75) is 24.7 Å². The first-order valence-electron chi connectivity index (χ1n) is 9.74. The van der Waals surface area contributed by atoms with E-state index in [0.717, 1.165) is 49.5 Å². The molecule has 3 rings (SSSR count). The third-order valence-corrected chi connectivity index (χ3v) is 7.50. The molecule has 1 heterocycles. The van der Waals surface area contributed by atoms with Crippen molar-refractivity contribution in [1.82, 2.24) is 9.88 Å². The molecule has 3 aromatic rings. The van der Waals surface area contributed by atoms with Crippen molar-refractivity contribution >= 4 is 80.0 Å². The average Bonchev–Trinajstić information content (AvgIpc) is 3.16. The number of benzene rings is 2. The zero-order valence-corrected chi connectivity index (χ0v) is 21.7. The first-order chi connectivity index (χ1) is 14.3. The van der Waals surface area contributed by atoms with E-state index < -0.39 is 0 Å². The van der Waals surface area contributed by atoms with Gasteiger partial charge in [0, 0.05) is 29.4 Å². The van der Waals surface area contributed by atoms with Crippen LogP contribution >= 0.6 is 58.7 Å². The summed E-state index contributed by atoms with van der Waals surface area (Å²) >= 11 is 15.5. The molecule has 1 amide bonds. The first-order valence-corrected chi connectivity index (χ1v) is 12.3. The normalized spacial score (nSPS) is 11.0. The van der Waals surface area contributed by atoms with Crippen molar-refractivity contribution in [2.24, 2.45) is 0 Å². The van der Waals surface area contributed by atoms with Crippen molar-refractivity contribution < 1.29 is 4.79 Å². The van der Waals surface area contributed by atoms with Gasteiger partial charge in [-0.2, -0.15) is 0 Å². The van der Waals surface area contributed by atoms with Crippen LogP contribution in [-0.2, 0) is 4.79 Å². The summed E-state index contributed by atoms with van der Waals surface area (Å²) in [5.41, 5.74) is 1.94. The van der Waals surface area contributed by atoms with E-state index in [4.69, 9.17) is 28.2 Å². The number of nitrogens with zero attached hydrogens (tertiary/aromatic N) is 3. The van der Waals surface area contributed by atoms with Crippen LogP contribution in [0, 0.1) is 6.92 Å². The van der Waals surface area contributed by atoms with Gasteiger partial charge in [-0.25, -0.2) is 4.98 Å². The van der Waals surface area contributed by atoms with Gasteiger partial charge in [-0.3, -0.25) is 9.69 Å². The number of hydrogen-bond donors (Lipinski definition) is 0. The highest BCUT2D eigenvalue weighted by atomic mass is 35.5. The van der Waals surface area contributed by atoms with Crippen LogP contribution < -0.4 is 4.90 Å². The fourth-order valence-electron chi connectivity index (χ4n) is 2.91. The van der Waals surface area contributed by atoms with Gasteiger partial charge in [0.05, 0.1) is 15.2 Å². The molecule has 0 atom stereocenters. The molecule has 0 unspecified atom stereocenters. The number of carbonyl (C=O) groups is 1. The van der Waals surface area contributed by atoms with Gasteiger partial charge >= 0.3 is 0 Å². The Kier molecular flexibility index (Phi) is 10.4. The SMILES string of the molecule is Cc1ccc(Cl)c2sc(N(CCN(C)C)C(=O)CCCSc3ccc(Cl)cc3)nc12.Cl. The Morgan fingerprint density at radius 3 is 2.45 bits per heavy atom. The Balaban J connectivity index is 0.00000341. The van der Waals surface area contributed by atoms with Gasteiger partial charge in [0.2, 0.25) is 5.91 Å². The lowest BCUT2D eigenvalue weighted by Gasteiger charge is -2.22. The molecule has 0 radical (unpaired) electrons. The monoisotopic (exact) mass is 517 g/mol. The highest BCUT2D eigenvalue weighted by Crippen LogP contribution is 2.36. The molecule has 0 saturated heterocycles. The number of carbonyl (C=O) groups excluding carboxylic acids is 1. The summed E-state index contributed by atoms with van der Waals surface area (Å²) in [6.07, 6.45) is 1.28. The van der Waals surface area contributed by atoms with E-state index >= 15 is 0 Å². The fourth-order valence-corrected chi connectivity index (χ4v) is 5.25. The Morgan fingerprint density at radius 1 is 1.10 bits per heavy atom. The number of thiazole rings is 1. The van der Waals surface area contributed by atoms with E-state index in [0.29, 0.717) is 18.0 Å². The summed E-state index contributed by atoms with van der Waals surface area (Å²) in [5, 5.41) is 2.13. The summed E-state index contributed by atoms with van der Waals surface area (Å²) in [6.45, 7) is 3.39. The number of anilines is 1. The third-order valence-electron chi connectivity index (χ3n) is 4.61. The molecule has 31 heavy (non-hydrogen) atoms. The Labute approximate surface area is 208 Å². The second-order valence-electron chi connectivity index (χ2n) is 7.29. The first kappa shape index (κ1) is 26.2. The van der Waals surface area contributed by atoms with Crippen LogP contribution in [0.3, 0.4) is 0 Å². The van der Waals surface area contributed by atoms with Crippen molar-refractivity contribution in [3.63, 3.8) is 0 Å². The Morgan fingerprint density at radius 2 is 1.81 bits per heavy atom. The number of fused-ring (bicyclic) bond motifs is 1.